The fraction of sp³-hybridized carbons (Fsp3) is 1.00. The molecule has 2 heteroatoms. The molecule has 0 fully saturated rings. The van der Waals surface area contributed by atoms with E-state index >= 15 is 0 Å². The Morgan fingerprint density at radius 2 is 1.89 bits per heavy atom. The summed E-state index contributed by atoms with van der Waals surface area (Å²) in [6.07, 6.45) is 1.15. The van der Waals surface area contributed by atoms with Crippen LogP contribution in [0.25, 0.3) is 0 Å². The van der Waals surface area contributed by atoms with Crippen molar-refractivity contribution in [3.05, 3.63) is 0 Å². The summed E-state index contributed by atoms with van der Waals surface area (Å²) in [6.45, 7) is 6.00. The Kier molecular flexibility index (Phi) is 14.0. The fourth-order valence-electron chi connectivity index (χ4n) is 0.365. The second-order valence-electron chi connectivity index (χ2n) is 1.48. The molecule has 0 radical (unpaired) electrons. The van der Waals surface area contributed by atoms with E-state index in [-0.39, 0.29) is 0 Å². The third-order valence-corrected chi connectivity index (χ3v) is 0.808. The van der Waals surface area contributed by atoms with E-state index in [4.69, 9.17) is 5.11 Å². The number of hydrogen-bond donors (Lipinski definition) is 1. The van der Waals surface area contributed by atoms with Crippen LogP contribution in [-0.4, -0.2) is 18.5 Å². The lowest BCUT2D eigenvalue weighted by Crippen LogP contribution is -2.06. The SMILES string of the molecule is CC.CCCC(O)OC. The Bertz CT molecular complexity index is 37.9. The molecule has 0 spiro atoms. The van der Waals surface area contributed by atoms with Gasteiger partial charge in [0, 0.05) is 7.11 Å². The minimum Gasteiger partial charge on any atom is -0.368 e. The van der Waals surface area contributed by atoms with Gasteiger partial charge < -0.3 is 9.84 Å². The van der Waals surface area contributed by atoms with Gasteiger partial charge in [0.25, 0.3) is 0 Å². The second-order valence-corrected chi connectivity index (χ2v) is 1.48. The number of hydrogen-bond acceptors (Lipinski definition) is 2. The van der Waals surface area contributed by atoms with Crippen molar-refractivity contribution in [2.45, 2.75) is 39.9 Å². The van der Waals surface area contributed by atoms with Gasteiger partial charge in [0.2, 0.25) is 0 Å². The number of aliphatic hydroxyl groups excluding tert-OH is 1. The molecular weight excluding hydrogens is 116 g/mol. The van der Waals surface area contributed by atoms with Crippen LogP contribution in [0.5, 0.6) is 0 Å². The van der Waals surface area contributed by atoms with Crippen LogP contribution in [-0.2, 0) is 4.74 Å². The molecule has 0 heterocycles. The average Bonchev–Trinajstić information content (AvgIpc) is 1.93. The molecule has 0 amide bonds. The summed E-state index contributed by atoms with van der Waals surface area (Å²) in [4.78, 5) is 0. The van der Waals surface area contributed by atoms with E-state index in [1.165, 1.54) is 7.11 Å². The van der Waals surface area contributed by atoms with E-state index in [2.05, 4.69) is 4.74 Å². The highest BCUT2D eigenvalue weighted by Gasteiger charge is 1.94. The van der Waals surface area contributed by atoms with Gasteiger partial charge in [0.05, 0.1) is 0 Å². The Balaban J connectivity index is 0. The largest absolute Gasteiger partial charge is 0.368 e. The molecular formula is C7H18O2. The minimum absolute atomic E-state index is 0.551. The number of rotatable bonds is 3. The molecule has 1 atom stereocenters. The molecule has 0 aromatic rings. The van der Waals surface area contributed by atoms with Crippen molar-refractivity contribution in [2.24, 2.45) is 0 Å². The maximum atomic E-state index is 8.64. The molecule has 0 aromatic carbocycles. The molecule has 0 aliphatic heterocycles. The molecule has 0 aromatic heterocycles. The van der Waals surface area contributed by atoms with Crippen molar-refractivity contribution in [3.8, 4) is 0 Å². The third-order valence-electron chi connectivity index (χ3n) is 0.808. The fourth-order valence-corrected chi connectivity index (χ4v) is 0.365. The number of aliphatic hydroxyl groups is 1. The Morgan fingerprint density at radius 1 is 1.44 bits per heavy atom. The lowest BCUT2D eigenvalue weighted by atomic mass is 10.3. The highest BCUT2D eigenvalue weighted by molar-refractivity contribution is 4.34. The second kappa shape index (κ2) is 10.8. The van der Waals surface area contributed by atoms with Gasteiger partial charge in [0.1, 0.15) is 0 Å². The molecule has 0 saturated carbocycles. The minimum atomic E-state index is -0.551. The lowest BCUT2D eigenvalue weighted by Gasteiger charge is -2.03. The monoisotopic (exact) mass is 134 g/mol. The average molecular weight is 134 g/mol. The molecule has 58 valence electrons. The summed E-state index contributed by atoms with van der Waals surface area (Å²) < 4.78 is 4.55. The van der Waals surface area contributed by atoms with Crippen molar-refractivity contribution in [1.29, 1.82) is 0 Å². The van der Waals surface area contributed by atoms with Crippen LogP contribution in [0, 0.1) is 0 Å². The van der Waals surface area contributed by atoms with Crippen LogP contribution in [0.1, 0.15) is 33.6 Å². The summed E-state index contributed by atoms with van der Waals surface area (Å²) in [5.41, 5.74) is 0. The topological polar surface area (TPSA) is 29.5 Å². The Labute approximate surface area is 57.8 Å². The van der Waals surface area contributed by atoms with Crippen LogP contribution in [0.3, 0.4) is 0 Å². The molecule has 0 aliphatic carbocycles. The maximum absolute atomic E-state index is 8.64. The molecule has 1 unspecified atom stereocenters. The zero-order valence-electron chi connectivity index (χ0n) is 6.85. The molecule has 0 saturated heterocycles. The van der Waals surface area contributed by atoms with Crippen molar-refractivity contribution in [3.63, 3.8) is 0 Å². The van der Waals surface area contributed by atoms with Gasteiger partial charge in [-0.25, -0.2) is 0 Å². The van der Waals surface area contributed by atoms with Crippen LogP contribution >= 0.6 is 0 Å². The zero-order valence-corrected chi connectivity index (χ0v) is 6.85. The van der Waals surface area contributed by atoms with Crippen molar-refractivity contribution in [2.75, 3.05) is 7.11 Å². The van der Waals surface area contributed by atoms with Gasteiger partial charge in [-0.05, 0) is 6.42 Å². The van der Waals surface area contributed by atoms with E-state index in [1.807, 2.05) is 20.8 Å². The maximum Gasteiger partial charge on any atom is 0.154 e. The highest BCUT2D eigenvalue weighted by Crippen LogP contribution is 1.93. The zero-order chi connectivity index (χ0) is 7.70. The summed E-state index contributed by atoms with van der Waals surface area (Å²) in [7, 11) is 1.50. The van der Waals surface area contributed by atoms with Gasteiger partial charge in [-0.3, -0.25) is 0 Å². The lowest BCUT2D eigenvalue weighted by molar-refractivity contribution is -0.0783. The van der Waals surface area contributed by atoms with Crippen molar-refractivity contribution < 1.29 is 9.84 Å². The molecule has 0 rings (SSSR count). The first-order valence-electron chi connectivity index (χ1n) is 3.52. The summed E-state index contributed by atoms with van der Waals surface area (Å²) in [6, 6.07) is 0. The van der Waals surface area contributed by atoms with Crippen LogP contribution < -0.4 is 0 Å². The molecule has 0 bridgehead atoms. The van der Waals surface area contributed by atoms with E-state index in [0.29, 0.717) is 0 Å². The van der Waals surface area contributed by atoms with Gasteiger partial charge in [-0.1, -0.05) is 27.2 Å². The van der Waals surface area contributed by atoms with E-state index < -0.39 is 6.29 Å². The third kappa shape index (κ3) is 11.5. The van der Waals surface area contributed by atoms with Crippen LogP contribution in [0.4, 0.5) is 0 Å². The summed E-state index contributed by atoms with van der Waals surface area (Å²) in [5.74, 6) is 0. The summed E-state index contributed by atoms with van der Waals surface area (Å²) >= 11 is 0. The first-order valence-corrected chi connectivity index (χ1v) is 3.52. The predicted octanol–water partition coefficient (Wildman–Crippen LogP) is 1.78. The van der Waals surface area contributed by atoms with E-state index in [0.717, 1.165) is 12.8 Å². The Morgan fingerprint density at radius 3 is 2.00 bits per heavy atom. The molecule has 9 heavy (non-hydrogen) atoms. The standard InChI is InChI=1S/C5H12O2.C2H6/c1-3-4-5(6)7-2;1-2/h5-6H,3-4H2,1-2H3;1-2H3. The first-order chi connectivity index (χ1) is 4.31. The highest BCUT2D eigenvalue weighted by atomic mass is 16.6. The van der Waals surface area contributed by atoms with Crippen molar-refractivity contribution in [1.82, 2.24) is 0 Å². The number of methoxy groups -OCH3 is 1. The van der Waals surface area contributed by atoms with Crippen molar-refractivity contribution >= 4 is 0 Å². The van der Waals surface area contributed by atoms with E-state index in [1.54, 1.807) is 0 Å². The molecule has 1 N–H and O–H groups in total. The van der Waals surface area contributed by atoms with Gasteiger partial charge in [0.15, 0.2) is 6.29 Å². The van der Waals surface area contributed by atoms with Gasteiger partial charge in [-0.2, -0.15) is 0 Å². The normalized spacial score (nSPS) is 11.7. The molecule has 2 nitrogen and oxygen atoms in total. The summed E-state index contributed by atoms with van der Waals surface area (Å²) in [5, 5.41) is 8.64. The Hall–Kier alpha value is -0.0800. The van der Waals surface area contributed by atoms with Gasteiger partial charge in [-0.15, -0.1) is 0 Å². The van der Waals surface area contributed by atoms with E-state index in [9.17, 15) is 0 Å². The number of ether oxygens (including phenoxy) is 1. The molecule has 0 aliphatic rings. The van der Waals surface area contributed by atoms with Crippen LogP contribution in [0.15, 0.2) is 0 Å². The smallest absolute Gasteiger partial charge is 0.154 e. The van der Waals surface area contributed by atoms with Gasteiger partial charge >= 0.3 is 0 Å². The first kappa shape index (κ1) is 11.7. The predicted molar refractivity (Wildman–Crippen MR) is 39.3 cm³/mol. The van der Waals surface area contributed by atoms with Crippen LogP contribution in [0.2, 0.25) is 0 Å². The quantitative estimate of drug-likeness (QED) is 0.596.